The van der Waals surface area contributed by atoms with E-state index in [2.05, 4.69) is 15.9 Å². The lowest BCUT2D eigenvalue weighted by Crippen LogP contribution is -2.03. The van der Waals surface area contributed by atoms with Gasteiger partial charge in [-0.25, -0.2) is 0 Å². The van der Waals surface area contributed by atoms with Gasteiger partial charge in [0.05, 0.1) is 24.3 Å². The zero-order chi connectivity index (χ0) is 11.6. The summed E-state index contributed by atoms with van der Waals surface area (Å²) in [7, 11) is 3.07. The molecule has 1 rings (SSSR count). The van der Waals surface area contributed by atoms with Crippen LogP contribution in [0.5, 0.6) is 11.5 Å². The van der Waals surface area contributed by atoms with Gasteiger partial charge in [-0.1, -0.05) is 0 Å². The number of halogens is 1. The van der Waals surface area contributed by atoms with Crippen molar-refractivity contribution in [3.63, 3.8) is 0 Å². The molecule has 0 fully saturated rings. The van der Waals surface area contributed by atoms with Crippen LogP contribution in [0.2, 0.25) is 0 Å². The van der Waals surface area contributed by atoms with Crippen LogP contribution < -0.4 is 9.47 Å². The first-order chi connectivity index (χ1) is 7.02. The van der Waals surface area contributed by atoms with Crippen molar-refractivity contribution in [2.45, 2.75) is 13.8 Å². The number of ketones is 1. The van der Waals surface area contributed by atoms with Gasteiger partial charge in [0.15, 0.2) is 17.3 Å². The molecular weight excluding hydrogens is 260 g/mol. The first-order valence-corrected chi connectivity index (χ1v) is 5.24. The van der Waals surface area contributed by atoms with Gasteiger partial charge in [0.1, 0.15) is 0 Å². The molecule has 0 saturated carbocycles. The maximum absolute atomic E-state index is 11.5. The van der Waals surface area contributed by atoms with Gasteiger partial charge < -0.3 is 9.47 Å². The average molecular weight is 273 g/mol. The number of ether oxygens (including phenoxy) is 2. The molecule has 0 aliphatic heterocycles. The zero-order valence-electron chi connectivity index (χ0n) is 9.18. The molecule has 82 valence electrons. The van der Waals surface area contributed by atoms with Crippen LogP contribution in [0.15, 0.2) is 10.5 Å². The quantitative estimate of drug-likeness (QED) is 0.794. The van der Waals surface area contributed by atoms with Crippen molar-refractivity contribution in [1.29, 1.82) is 0 Å². The highest BCUT2D eigenvalue weighted by atomic mass is 79.9. The monoisotopic (exact) mass is 272 g/mol. The summed E-state index contributed by atoms with van der Waals surface area (Å²) in [6.07, 6.45) is 0. The molecule has 0 aromatic heterocycles. The highest BCUT2D eigenvalue weighted by Gasteiger charge is 2.19. The van der Waals surface area contributed by atoms with Crippen molar-refractivity contribution >= 4 is 21.7 Å². The van der Waals surface area contributed by atoms with Crippen LogP contribution in [0.4, 0.5) is 0 Å². The minimum atomic E-state index is -0.0323. The van der Waals surface area contributed by atoms with E-state index >= 15 is 0 Å². The molecule has 4 heteroatoms. The van der Waals surface area contributed by atoms with E-state index in [1.54, 1.807) is 7.11 Å². The SMILES string of the molecule is COc1c(Br)cc(C)c(C(C)=O)c1OC. The average Bonchev–Trinajstić information content (AvgIpc) is 2.15. The Morgan fingerprint density at radius 2 is 1.80 bits per heavy atom. The third kappa shape index (κ3) is 2.15. The summed E-state index contributed by atoms with van der Waals surface area (Å²) in [6, 6.07) is 1.85. The molecule has 1 aromatic rings. The van der Waals surface area contributed by atoms with E-state index in [-0.39, 0.29) is 5.78 Å². The smallest absolute Gasteiger partial charge is 0.175 e. The molecule has 0 amide bonds. The van der Waals surface area contributed by atoms with Crippen LogP contribution in [0.25, 0.3) is 0 Å². The first kappa shape index (κ1) is 12.0. The van der Waals surface area contributed by atoms with Crippen LogP contribution in [0.3, 0.4) is 0 Å². The predicted molar refractivity (Wildman–Crippen MR) is 62.0 cm³/mol. The van der Waals surface area contributed by atoms with Gasteiger partial charge in [-0.3, -0.25) is 4.79 Å². The van der Waals surface area contributed by atoms with Gasteiger partial charge in [-0.05, 0) is 41.4 Å². The van der Waals surface area contributed by atoms with Crippen molar-refractivity contribution in [2.75, 3.05) is 14.2 Å². The third-order valence-corrected chi connectivity index (χ3v) is 2.74. The van der Waals surface area contributed by atoms with Crippen molar-refractivity contribution < 1.29 is 14.3 Å². The number of carbonyl (C=O) groups excluding carboxylic acids is 1. The molecule has 0 aliphatic rings. The fourth-order valence-corrected chi connectivity index (χ4v) is 2.24. The molecule has 0 N–H and O–H groups in total. The van der Waals surface area contributed by atoms with Crippen molar-refractivity contribution in [2.24, 2.45) is 0 Å². The lowest BCUT2D eigenvalue weighted by atomic mass is 10.0. The maximum atomic E-state index is 11.5. The summed E-state index contributed by atoms with van der Waals surface area (Å²) in [5, 5.41) is 0. The minimum Gasteiger partial charge on any atom is -0.492 e. The Morgan fingerprint density at radius 3 is 2.20 bits per heavy atom. The summed E-state index contributed by atoms with van der Waals surface area (Å²) in [4.78, 5) is 11.5. The lowest BCUT2D eigenvalue weighted by Gasteiger charge is -2.14. The van der Waals surface area contributed by atoms with Crippen LogP contribution in [-0.2, 0) is 0 Å². The summed E-state index contributed by atoms with van der Waals surface area (Å²) in [5.41, 5.74) is 1.43. The van der Waals surface area contributed by atoms with Crippen LogP contribution >= 0.6 is 15.9 Å². The second-order valence-corrected chi connectivity index (χ2v) is 4.03. The molecule has 0 aliphatic carbocycles. The predicted octanol–water partition coefficient (Wildman–Crippen LogP) is 2.98. The Balaban J connectivity index is 3.56. The topological polar surface area (TPSA) is 35.5 Å². The van der Waals surface area contributed by atoms with Crippen LogP contribution in [0, 0.1) is 6.92 Å². The molecule has 0 radical (unpaired) electrons. The Hall–Kier alpha value is -1.03. The number of benzene rings is 1. The number of Topliss-reactive ketones (excluding diaryl/α,β-unsaturated/α-hetero) is 1. The van der Waals surface area contributed by atoms with Crippen molar-refractivity contribution in [3.05, 3.63) is 21.7 Å². The number of methoxy groups -OCH3 is 2. The van der Waals surface area contributed by atoms with Gasteiger partial charge in [-0.2, -0.15) is 0 Å². The maximum Gasteiger partial charge on any atom is 0.175 e. The number of hydrogen-bond acceptors (Lipinski definition) is 3. The molecular formula is C11H13BrO3. The largest absolute Gasteiger partial charge is 0.492 e. The van der Waals surface area contributed by atoms with Gasteiger partial charge in [0.25, 0.3) is 0 Å². The van der Waals surface area contributed by atoms with E-state index in [1.165, 1.54) is 14.0 Å². The van der Waals surface area contributed by atoms with Crippen molar-refractivity contribution in [3.8, 4) is 11.5 Å². The molecule has 0 bridgehead atoms. The van der Waals surface area contributed by atoms with Gasteiger partial charge in [0.2, 0.25) is 0 Å². The second-order valence-electron chi connectivity index (χ2n) is 3.17. The lowest BCUT2D eigenvalue weighted by molar-refractivity contribution is 0.101. The minimum absolute atomic E-state index is 0.0323. The molecule has 3 nitrogen and oxygen atoms in total. The Bertz CT molecular complexity index is 399. The molecule has 0 heterocycles. The highest BCUT2D eigenvalue weighted by molar-refractivity contribution is 9.10. The van der Waals surface area contributed by atoms with E-state index in [0.717, 1.165) is 10.0 Å². The van der Waals surface area contributed by atoms with Crippen LogP contribution in [0.1, 0.15) is 22.8 Å². The van der Waals surface area contributed by atoms with E-state index in [0.29, 0.717) is 17.1 Å². The number of hydrogen-bond donors (Lipinski definition) is 0. The normalized spacial score (nSPS) is 9.93. The van der Waals surface area contributed by atoms with Gasteiger partial charge in [0, 0.05) is 0 Å². The van der Waals surface area contributed by atoms with E-state index in [4.69, 9.17) is 9.47 Å². The number of aryl methyl sites for hydroxylation is 1. The van der Waals surface area contributed by atoms with Gasteiger partial charge >= 0.3 is 0 Å². The molecule has 0 spiro atoms. The molecule has 15 heavy (non-hydrogen) atoms. The Kier molecular flexibility index (Phi) is 3.74. The fraction of sp³-hybridized carbons (Fsp3) is 0.364. The zero-order valence-corrected chi connectivity index (χ0v) is 10.8. The third-order valence-electron chi connectivity index (χ3n) is 2.15. The molecule has 1 aromatic carbocycles. The van der Waals surface area contributed by atoms with Gasteiger partial charge in [-0.15, -0.1) is 0 Å². The fourth-order valence-electron chi connectivity index (χ4n) is 1.55. The Morgan fingerprint density at radius 1 is 1.27 bits per heavy atom. The molecule has 0 unspecified atom stereocenters. The summed E-state index contributed by atoms with van der Waals surface area (Å²) in [6.45, 7) is 3.38. The summed E-state index contributed by atoms with van der Waals surface area (Å²) < 4.78 is 11.2. The summed E-state index contributed by atoms with van der Waals surface area (Å²) >= 11 is 3.37. The molecule has 0 saturated heterocycles. The van der Waals surface area contributed by atoms with E-state index in [9.17, 15) is 4.79 Å². The Labute approximate surface area is 97.5 Å². The number of carbonyl (C=O) groups is 1. The van der Waals surface area contributed by atoms with Crippen LogP contribution in [-0.4, -0.2) is 20.0 Å². The van der Waals surface area contributed by atoms with E-state index < -0.39 is 0 Å². The summed E-state index contributed by atoms with van der Waals surface area (Å²) in [5.74, 6) is 1.00. The first-order valence-electron chi connectivity index (χ1n) is 4.45. The van der Waals surface area contributed by atoms with Crippen molar-refractivity contribution in [1.82, 2.24) is 0 Å². The number of rotatable bonds is 3. The second kappa shape index (κ2) is 4.66. The highest BCUT2D eigenvalue weighted by Crippen LogP contribution is 2.40. The molecule has 0 atom stereocenters. The standard InChI is InChI=1S/C11H13BrO3/c1-6-5-8(12)10(14-3)11(15-4)9(6)7(2)13/h5H,1-4H3. The van der Waals surface area contributed by atoms with E-state index in [1.807, 2.05) is 13.0 Å².